The van der Waals surface area contributed by atoms with Gasteiger partial charge in [-0.05, 0) is 36.8 Å². The number of nitrogens with zero attached hydrogens (tertiary/aromatic N) is 2. The lowest BCUT2D eigenvalue weighted by molar-refractivity contribution is 0.0983. The third kappa shape index (κ3) is 3.31. The molecule has 0 unspecified atom stereocenters. The Labute approximate surface area is 153 Å². The van der Waals surface area contributed by atoms with Crippen LogP contribution in [0.5, 0.6) is 0 Å². The van der Waals surface area contributed by atoms with Crippen LogP contribution < -0.4 is 9.80 Å². The van der Waals surface area contributed by atoms with Gasteiger partial charge < -0.3 is 9.80 Å². The number of likely N-dealkylation sites (N-methyl/N-ethyl adjacent to an activating group) is 1. The Hall–Kier alpha value is -2.41. The number of carbonyl (C=O) groups excluding carboxylic acids is 1. The summed E-state index contributed by atoms with van der Waals surface area (Å²) in [6.45, 7) is 2.71. The molecule has 2 aromatic rings. The molecule has 1 amide bonds. The molecule has 0 radical (unpaired) electrons. The van der Waals surface area contributed by atoms with Gasteiger partial charge in [0, 0.05) is 20.1 Å². The van der Waals surface area contributed by atoms with E-state index in [1.54, 1.807) is 25.1 Å². The van der Waals surface area contributed by atoms with Gasteiger partial charge in [0.15, 0.2) is 9.84 Å². The van der Waals surface area contributed by atoms with Crippen LogP contribution in [0, 0.1) is 5.82 Å². The number of hydrogen-bond donors (Lipinski definition) is 0. The molecule has 0 saturated carbocycles. The molecule has 0 fully saturated rings. The van der Waals surface area contributed by atoms with Gasteiger partial charge in [0.05, 0.1) is 27.6 Å². The lowest BCUT2D eigenvalue weighted by Crippen LogP contribution is -2.43. The van der Waals surface area contributed by atoms with Gasteiger partial charge in [-0.15, -0.1) is 0 Å². The minimum Gasteiger partial charge on any atom is -0.371 e. The van der Waals surface area contributed by atoms with E-state index < -0.39 is 21.6 Å². The highest BCUT2D eigenvalue weighted by atomic mass is 32.2. The summed E-state index contributed by atoms with van der Waals surface area (Å²) in [6, 6.07) is 10.5. The van der Waals surface area contributed by atoms with Gasteiger partial charge in [-0.2, -0.15) is 0 Å². The zero-order valence-corrected chi connectivity index (χ0v) is 15.6. The summed E-state index contributed by atoms with van der Waals surface area (Å²) < 4.78 is 38.9. The fourth-order valence-electron chi connectivity index (χ4n) is 3.18. The molecule has 0 saturated heterocycles. The number of sulfone groups is 1. The maximum Gasteiger partial charge on any atom is 0.259 e. The number of anilines is 2. The first-order valence-electron chi connectivity index (χ1n) is 8.49. The molecule has 1 aliphatic heterocycles. The molecular weight excluding hydrogens is 355 g/mol. The van der Waals surface area contributed by atoms with Crippen molar-refractivity contribution in [1.82, 2.24) is 0 Å². The second-order valence-corrected chi connectivity index (χ2v) is 8.40. The van der Waals surface area contributed by atoms with E-state index in [0.29, 0.717) is 25.2 Å². The van der Waals surface area contributed by atoms with Gasteiger partial charge in [-0.1, -0.05) is 19.1 Å². The number of amides is 1. The lowest BCUT2D eigenvalue weighted by Gasteiger charge is -2.36. The quantitative estimate of drug-likeness (QED) is 0.823. The number of halogens is 1. The van der Waals surface area contributed by atoms with Gasteiger partial charge in [0.1, 0.15) is 5.82 Å². The van der Waals surface area contributed by atoms with Crippen molar-refractivity contribution < 1.29 is 17.6 Å². The Morgan fingerprint density at radius 3 is 2.58 bits per heavy atom. The fraction of sp³-hybridized carbons (Fsp3) is 0.316. The summed E-state index contributed by atoms with van der Waals surface area (Å²) in [4.78, 5) is 16.6. The van der Waals surface area contributed by atoms with Crippen LogP contribution in [0.2, 0.25) is 0 Å². The van der Waals surface area contributed by atoms with E-state index in [0.717, 1.165) is 5.69 Å². The highest BCUT2D eigenvalue weighted by molar-refractivity contribution is 7.91. The molecule has 1 heterocycles. The second-order valence-electron chi connectivity index (χ2n) is 6.33. The summed E-state index contributed by atoms with van der Waals surface area (Å²) in [5.74, 6) is -0.894. The predicted octanol–water partition coefficient (Wildman–Crippen LogP) is 3.11. The zero-order valence-electron chi connectivity index (χ0n) is 14.8. The van der Waals surface area contributed by atoms with E-state index in [-0.39, 0.29) is 16.2 Å². The molecule has 0 N–H and O–H groups in total. The van der Waals surface area contributed by atoms with Gasteiger partial charge in [-0.25, -0.2) is 12.8 Å². The Morgan fingerprint density at radius 2 is 1.85 bits per heavy atom. The molecule has 2 aromatic carbocycles. The number of fused-ring (bicyclic) bond motifs is 1. The van der Waals surface area contributed by atoms with Crippen molar-refractivity contribution in [2.75, 3.05) is 35.7 Å². The molecule has 5 nitrogen and oxygen atoms in total. The summed E-state index contributed by atoms with van der Waals surface area (Å²) >= 11 is 0. The van der Waals surface area contributed by atoms with Crippen molar-refractivity contribution in [1.29, 1.82) is 0 Å². The van der Waals surface area contributed by atoms with Crippen molar-refractivity contribution in [3.8, 4) is 0 Å². The average Bonchev–Trinajstić information content (AvgIpc) is 2.61. The van der Waals surface area contributed by atoms with Crippen LogP contribution in [0.3, 0.4) is 0 Å². The molecule has 26 heavy (non-hydrogen) atoms. The van der Waals surface area contributed by atoms with Crippen LogP contribution in [0.1, 0.15) is 23.7 Å². The van der Waals surface area contributed by atoms with Gasteiger partial charge in [-0.3, -0.25) is 4.79 Å². The maximum absolute atomic E-state index is 13.8. The van der Waals surface area contributed by atoms with Crippen molar-refractivity contribution in [3.63, 3.8) is 0 Å². The van der Waals surface area contributed by atoms with Crippen LogP contribution in [0.25, 0.3) is 0 Å². The van der Waals surface area contributed by atoms with Crippen LogP contribution in [0.15, 0.2) is 47.4 Å². The average molecular weight is 376 g/mol. The smallest absolute Gasteiger partial charge is 0.259 e. The predicted molar refractivity (Wildman–Crippen MR) is 100 cm³/mol. The molecular formula is C19H21FN2O3S. The van der Waals surface area contributed by atoms with Gasteiger partial charge in [0.2, 0.25) is 0 Å². The van der Waals surface area contributed by atoms with Crippen LogP contribution in [0.4, 0.5) is 15.8 Å². The maximum atomic E-state index is 13.8. The number of benzene rings is 2. The van der Waals surface area contributed by atoms with Crippen LogP contribution in [-0.4, -0.2) is 40.2 Å². The van der Waals surface area contributed by atoms with Crippen molar-refractivity contribution >= 4 is 27.1 Å². The molecule has 138 valence electrons. The van der Waals surface area contributed by atoms with E-state index >= 15 is 0 Å². The minimum atomic E-state index is -3.55. The zero-order chi connectivity index (χ0) is 18.9. The minimum absolute atomic E-state index is 0.0226. The number of rotatable bonds is 4. The summed E-state index contributed by atoms with van der Waals surface area (Å²) in [5, 5.41) is 0. The molecule has 3 rings (SSSR count). The first kappa shape index (κ1) is 18.4. The monoisotopic (exact) mass is 376 g/mol. The Kier molecular flexibility index (Phi) is 5.00. The molecule has 7 heteroatoms. The van der Waals surface area contributed by atoms with Gasteiger partial charge in [0.25, 0.3) is 5.91 Å². The second kappa shape index (κ2) is 7.07. The standard InChI is InChI=1S/C19H21FN2O3S/c1-3-12-26(24,25)18-7-5-4-6-15(18)19(23)22-11-10-21(2)16-9-8-14(20)13-17(16)22/h4-9,13H,3,10-12H2,1-2H3. The number of hydrogen-bond acceptors (Lipinski definition) is 4. The summed E-state index contributed by atoms with van der Waals surface area (Å²) in [6.07, 6.45) is 0.466. The van der Waals surface area contributed by atoms with E-state index in [1.807, 2.05) is 11.9 Å². The SMILES string of the molecule is CCCS(=O)(=O)c1ccccc1C(=O)N1CCN(C)c2ccc(F)cc21. The van der Waals surface area contributed by atoms with Crippen molar-refractivity contribution in [3.05, 3.63) is 53.8 Å². The highest BCUT2D eigenvalue weighted by Crippen LogP contribution is 2.34. The van der Waals surface area contributed by atoms with Gasteiger partial charge >= 0.3 is 0 Å². The molecule has 0 bridgehead atoms. The summed E-state index contributed by atoms with van der Waals surface area (Å²) in [5.41, 5.74) is 1.31. The topological polar surface area (TPSA) is 57.7 Å². The highest BCUT2D eigenvalue weighted by Gasteiger charge is 2.30. The van der Waals surface area contributed by atoms with Crippen molar-refractivity contribution in [2.24, 2.45) is 0 Å². The molecule has 0 atom stereocenters. The van der Waals surface area contributed by atoms with Crippen LogP contribution in [-0.2, 0) is 9.84 Å². The molecule has 0 aliphatic carbocycles. The van der Waals surface area contributed by atoms with E-state index in [2.05, 4.69) is 0 Å². The summed E-state index contributed by atoms with van der Waals surface area (Å²) in [7, 11) is -1.68. The largest absolute Gasteiger partial charge is 0.371 e. The third-order valence-corrected chi connectivity index (χ3v) is 6.44. The Balaban J connectivity index is 2.08. The first-order valence-corrected chi connectivity index (χ1v) is 10.1. The lowest BCUT2D eigenvalue weighted by atomic mass is 10.1. The van der Waals surface area contributed by atoms with Crippen LogP contribution >= 0.6 is 0 Å². The molecule has 1 aliphatic rings. The molecule has 0 aromatic heterocycles. The first-order chi connectivity index (χ1) is 12.3. The van der Waals surface area contributed by atoms with Crippen molar-refractivity contribution in [2.45, 2.75) is 18.2 Å². The third-order valence-electron chi connectivity index (χ3n) is 4.47. The fourth-order valence-corrected chi connectivity index (χ4v) is 4.71. The van der Waals surface area contributed by atoms with E-state index in [4.69, 9.17) is 0 Å². The number of carbonyl (C=O) groups is 1. The van der Waals surface area contributed by atoms with E-state index in [9.17, 15) is 17.6 Å². The Bertz CT molecular complexity index is 944. The normalized spacial score (nSPS) is 14.3. The molecule has 0 spiro atoms. The van der Waals surface area contributed by atoms with E-state index in [1.165, 1.54) is 29.2 Å². The Morgan fingerprint density at radius 1 is 1.12 bits per heavy atom.